The maximum atomic E-state index is 12.6. The highest BCUT2D eigenvalue weighted by Crippen LogP contribution is 2.60. The van der Waals surface area contributed by atoms with Crippen LogP contribution in [0.5, 0.6) is 5.75 Å². The summed E-state index contributed by atoms with van der Waals surface area (Å²) >= 11 is 0. The molecule has 4 aliphatic rings. The number of rotatable bonds is 4. The molecular formula is C22H28N2O4. The van der Waals surface area contributed by atoms with Gasteiger partial charge in [0.2, 0.25) is 0 Å². The molecule has 0 radical (unpaired) electrons. The third kappa shape index (κ3) is 2.34. The molecule has 6 nitrogen and oxygen atoms in total. The number of ether oxygens (including phenoxy) is 1. The molecule has 3 atom stereocenters. The van der Waals surface area contributed by atoms with Crippen molar-refractivity contribution in [3.63, 3.8) is 0 Å². The van der Waals surface area contributed by atoms with Crippen LogP contribution in [-0.2, 0) is 16.6 Å². The summed E-state index contributed by atoms with van der Waals surface area (Å²) in [6, 6.07) is 3.69. The lowest BCUT2D eigenvalue weighted by Crippen LogP contribution is -2.73. The van der Waals surface area contributed by atoms with E-state index in [9.17, 15) is 14.7 Å². The summed E-state index contributed by atoms with van der Waals surface area (Å²) < 4.78 is 5.69. The standard InChI is InChI=1S/C22H28N2O4/c1-28-19-16(20(23)26)5-4-14-10-17-22(27)7-6-15(25)11-21(22,18(14)19)8-9-24(17)12-13-2-3-13/h4-5,13,17,27H,2-3,6-12H2,1H3,(H2,23,26)/t17-,21-,22-/m1/s1. The van der Waals surface area contributed by atoms with E-state index in [0.29, 0.717) is 43.4 Å². The van der Waals surface area contributed by atoms with Crippen molar-refractivity contribution in [2.75, 3.05) is 20.2 Å². The van der Waals surface area contributed by atoms with Gasteiger partial charge in [-0.15, -0.1) is 0 Å². The van der Waals surface area contributed by atoms with Gasteiger partial charge < -0.3 is 15.6 Å². The van der Waals surface area contributed by atoms with Crippen LogP contribution in [0.2, 0.25) is 0 Å². The van der Waals surface area contributed by atoms with Crippen molar-refractivity contribution in [2.45, 2.75) is 62.0 Å². The van der Waals surface area contributed by atoms with Crippen LogP contribution >= 0.6 is 0 Å². The zero-order valence-corrected chi connectivity index (χ0v) is 16.4. The number of carbonyl (C=O) groups is 2. The molecule has 1 saturated heterocycles. The Morgan fingerprint density at radius 1 is 1.36 bits per heavy atom. The van der Waals surface area contributed by atoms with Crippen molar-refractivity contribution in [2.24, 2.45) is 11.7 Å². The van der Waals surface area contributed by atoms with Gasteiger partial charge in [-0.1, -0.05) is 6.07 Å². The Hall–Kier alpha value is -1.92. The van der Waals surface area contributed by atoms with Crippen molar-refractivity contribution in [1.82, 2.24) is 4.90 Å². The van der Waals surface area contributed by atoms with E-state index in [2.05, 4.69) is 4.90 Å². The van der Waals surface area contributed by atoms with Gasteiger partial charge in [0.1, 0.15) is 11.5 Å². The fraction of sp³-hybridized carbons (Fsp3) is 0.636. The van der Waals surface area contributed by atoms with E-state index < -0.39 is 16.9 Å². The van der Waals surface area contributed by atoms with Crippen molar-refractivity contribution in [1.29, 1.82) is 0 Å². The number of likely N-dealkylation sites (tertiary alicyclic amines) is 1. The van der Waals surface area contributed by atoms with E-state index >= 15 is 0 Å². The summed E-state index contributed by atoms with van der Waals surface area (Å²) in [5.41, 5.74) is 6.18. The molecule has 2 saturated carbocycles. The van der Waals surface area contributed by atoms with Crippen molar-refractivity contribution >= 4 is 11.7 Å². The number of ketones is 1. The Kier molecular flexibility index (Phi) is 3.91. The van der Waals surface area contributed by atoms with Gasteiger partial charge in [0.25, 0.3) is 5.91 Å². The van der Waals surface area contributed by atoms with Crippen LogP contribution in [0.25, 0.3) is 0 Å². The number of hydrogen-bond donors (Lipinski definition) is 2. The van der Waals surface area contributed by atoms with Crippen LogP contribution in [0.3, 0.4) is 0 Å². The van der Waals surface area contributed by atoms with Gasteiger partial charge in [0, 0.05) is 36.4 Å². The zero-order chi connectivity index (χ0) is 19.7. The second kappa shape index (κ2) is 6.04. The molecule has 28 heavy (non-hydrogen) atoms. The second-order valence-electron chi connectivity index (χ2n) is 9.17. The minimum absolute atomic E-state index is 0.00610. The third-order valence-corrected chi connectivity index (χ3v) is 7.73. The quantitative estimate of drug-likeness (QED) is 0.822. The number of nitrogens with zero attached hydrogens (tertiary/aromatic N) is 1. The lowest BCUT2D eigenvalue weighted by Gasteiger charge is -2.63. The first kappa shape index (κ1) is 18.1. The van der Waals surface area contributed by atoms with Crippen LogP contribution in [0, 0.1) is 5.92 Å². The lowest BCUT2D eigenvalue weighted by molar-refractivity contribution is -0.173. The fourth-order valence-electron chi connectivity index (χ4n) is 6.24. The van der Waals surface area contributed by atoms with Crippen molar-refractivity contribution < 1.29 is 19.4 Å². The number of piperidine rings is 1. The largest absolute Gasteiger partial charge is 0.496 e. The molecule has 6 heteroatoms. The number of Topliss-reactive ketones (excluding diaryl/α,β-unsaturated/α-hetero) is 1. The molecule has 150 valence electrons. The van der Waals surface area contributed by atoms with Crippen LogP contribution in [0.15, 0.2) is 12.1 Å². The van der Waals surface area contributed by atoms with Gasteiger partial charge >= 0.3 is 0 Å². The number of carbonyl (C=O) groups excluding carboxylic acids is 2. The highest BCUT2D eigenvalue weighted by molar-refractivity contribution is 5.97. The summed E-state index contributed by atoms with van der Waals surface area (Å²) in [5.74, 6) is 0.829. The van der Waals surface area contributed by atoms with Crippen molar-refractivity contribution in [3.05, 3.63) is 28.8 Å². The number of benzene rings is 1. The average Bonchev–Trinajstić information content (AvgIpc) is 3.47. The Labute approximate surface area is 165 Å². The van der Waals surface area contributed by atoms with E-state index in [-0.39, 0.29) is 11.8 Å². The van der Waals surface area contributed by atoms with Crippen LogP contribution < -0.4 is 10.5 Å². The second-order valence-corrected chi connectivity index (χ2v) is 9.17. The molecule has 1 aromatic rings. The molecule has 0 aromatic heterocycles. The molecular weight excluding hydrogens is 356 g/mol. The van der Waals surface area contributed by atoms with Crippen LogP contribution in [0.4, 0.5) is 0 Å². The van der Waals surface area contributed by atoms with Gasteiger partial charge in [0.05, 0.1) is 18.3 Å². The highest BCUT2D eigenvalue weighted by Gasteiger charge is 2.65. The molecule has 5 rings (SSSR count). The molecule has 3 fully saturated rings. The summed E-state index contributed by atoms with van der Waals surface area (Å²) in [4.78, 5) is 27.1. The highest BCUT2D eigenvalue weighted by atomic mass is 16.5. The number of primary amides is 1. The van der Waals surface area contributed by atoms with Gasteiger partial charge in [-0.2, -0.15) is 0 Å². The summed E-state index contributed by atoms with van der Waals surface area (Å²) in [5, 5.41) is 12.1. The predicted octanol–water partition coefficient (Wildman–Crippen LogP) is 1.56. The van der Waals surface area contributed by atoms with E-state index in [0.717, 1.165) is 30.1 Å². The first-order valence-electron chi connectivity index (χ1n) is 10.4. The lowest BCUT2D eigenvalue weighted by atomic mass is 9.49. The predicted molar refractivity (Wildman–Crippen MR) is 103 cm³/mol. The van der Waals surface area contributed by atoms with Crippen LogP contribution in [-0.4, -0.2) is 53.5 Å². The number of methoxy groups -OCH3 is 1. The fourth-order valence-corrected chi connectivity index (χ4v) is 6.24. The minimum Gasteiger partial charge on any atom is -0.496 e. The normalized spacial score (nSPS) is 34.5. The molecule has 1 aromatic carbocycles. The van der Waals surface area contributed by atoms with Crippen molar-refractivity contribution in [3.8, 4) is 5.75 Å². The van der Waals surface area contributed by atoms with E-state index in [1.807, 2.05) is 6.07 Å². The number of fused-ring (bicyclic) bond motifs is 1. The van der Waals surface area contributed by atoms with Gasteiger partial charge in [-0.25, -0.2) is 0 Å². The maximum absolute atomic E-state index is 12.6. The molecule has 1 aliphatic heterocycles. The van der Waals surface area contributed by atoms with E-state index in [4.69, 9.17) is 10.5 Å². The molecule has 2 bridgehead atoms. The van der Waals surface area contributed by atoms with Gasteiger partial charge in [-0.05, 0) is 56.2 Å². The zero-order valence-electron chi connectivity index (χ0n) is 16.4. The van der Waals surface area contributed by atoms with Gasteiger partial charge in [0.15, 0.2) is 0 Å². The summed E-state index contributed by atoms with van der Waals surface area (Å²) in [7, 11) is 1.54. The topological polar surface area (TPSA) is 92.9 Å². The summed E-state index contributed by atoms with van der Waals surface area (Å²) in [6.45, 7) is 1.89. The minimum atomic E-state index is -0.982. The molecule has 1 amide bonds. The smallest absolute Gasteiger partial charge is 0.252 e. The van der Waals surface area contributed by atoms with E-state index in [1.165, 1.54) is 20.0 Å². The first-order valence-corrected chi connectivity index (χ1v) is 10.4. The average molecular weight is 384 g/mol. The molecule has 3 aliphatic carbocycles. The number of nitrogens with two attached hydrogens (primary N) is 1. The van der Waals surface area contributed by atoms with Gasteiger partial charge in [-0.3, -0.25) is 14.5 Å². The Morgan fingerprint density at radius 3 is 2.82 bits per heavy atom. The van der Waals surface area contributed by atoms with E-state index in [1.54, 1.807) is 6.07 Å². The first-order chi connectivity index (χ1) is 13.4. The summed E-state index contributed by atoms with van der Waals surface area (Å²) in [6.07, 6.45) is 5.16. The number of aliphatic hydroxyl groups is 1. The number of amides is 1. The number of hydrogen-bond acceptors (Lipinski definition) is 5. The maximum Gasteiger partial charge on any atom is 0.252 e. The Morgan fingerprint density at radius 2 is 2.14 bits per heavy atom. The molecule has 0 unspecified atom stereocenters. The Balaban J connectivity index is 1.71. The SMILES string of the molecule is COc1c(C(N)=O)ccc2c1[C@]13CCN(CC4CC4)[C@H](C2)[C@]1(O)CCC(=O)C3. The monoisotopic (exact) mass is 384 g/mol. The van der Waals surface area contributed by atoms with Crippen LogP contribution in [0.1, 0.15) is 60.0 Å². The third-order valence-electron chi connectivity index (χ3n) is 7.73. The molecule has 1 heterocycles. The molecule has 3 N–H and O–H groups in total. The molecule has 0 spiro atoms. The Bertz CT molecular complexity index is 864.